The first-order valence-electron chi connectivity index (χ1n) is 7.31. The maximum absolute atomic E-state index is 13.5. The van der Waals surface area contributed by atoms with Crippen molar-refractivity contribution in [2.75, 3.05) is 5.32 Å². The Morgan fingerprint density at radius 3 is 2.48 bits per heavy atom. The van der Waals surface area contributed by atoms with E-state index in [0.29, 0.717) is 10.4 Å². The van der Waals surface area contributed by atoms with Crippen molar-refractivity contribution in [1.82, 2.24) is 14.8 Å². The van der Waals surface area contributed by atoms with Crippen molar-refractivity contribution in [3.8, 4) is 5.82 Å². The van der Waals surface area contributed by atoms with E-state index in [1.54, 1.807) is 37.3 Å². The van der Waals surface area contributed by atoms with Gasteiger partial charge in [-0.1, -0.05) is 24.3 Å². The number of nitrogens with one attached hydrogen (secondary N) is 1. The highest BCUT2D eigenvalue weighted by Crippen LogP contribution is 2.33. The predicted molar refractivity (Wildman–Crippen MR) is 85.5 cm³/mol. The van der Waals surface area contributed by atoms with Crippen LogP contribution in [-0.4, -0.2) is 20.7 Å². The normalized spacial score (nSPS) is 11.4. The fourth-order valence-electron chi connectivity index (χ4n) is 2.34. The number of nitrogens with zero attached hydrogens (tertiary/aromatic N) is 3. The molecule has 3 rings (SSSR count). The van der Waals surface area contributed by atoms with Crippen LogP contribution >= 0.6 is 0 Å². The van der Waals surface area contributed by atoms with Gasteiger partial charge < -0.3 is 5.32 Å². The third-order valence-corrected chi connectivity index (χ3v) is 3.54. The Bertz CT molecular complexity index is 904. The standard InChI is InChI=1S/C17H13F3N4O/c1-11-6-2-3-7-13(11)23-16(25)12-10-22-24(15(12)17(18,19)20)14-8-4-5-9-21-14/h2-10H,1H3,(H,23,25). The summed E-state index contributed by atoms with van der Waals surface area (Å²) in [6.45, 7) is 1.75. The fourth-order valence-corrected chi connectivity index (χ4v) is 2.34. The van der Waals surface area contributed by atoms with Crippen molar-refractivity contribution in [3.05, 3.63) is 71.7 Å². The molecule has 0 fully saturated rings. The Morgan fingerprint density at radius 2 is 1.84 bits per heavy atom. The summed E-state index contributed by atoms with van der Waals surface area (Å²) < 4.78 is 41.2. The van der Waals surface area contributed by atoms with E-state index in [1.807, 2.05) is 0 Å². The summed E-state index contributed by atoms with van der Waals surface area (Å²) in [4.78, 5) is 16.3. The number of halogens is 3. The van der Waals surface area contributed by atoms with Gasteiger partial charge in [0.05, 0.1) is 11.8 Å². The monoisotopic (exact) mass is 346 g/mol. The average Bonchev–Trinajstić information content (AvgIpc) is 3.03. The lowest BCUT2D eigenvalue weighted by Gasteiger charge is -2.12. The molecule has 0 atom stereocenters. The van der Waals surface area contributed by atoms with Crippen molar-refractivity contribution in [2.45, 2.75) is 13.1 Å². The first kappa shape index (κ1) is 16.7. The zero-order chi connectivity index (χ0) is 18.0. The van der Waals surface area contributed by atoms with Crippen LogP contribution < -0.4 is 5.32 Å². The number of amides is 1. The minimum Gasteiger partial charge on any atom is -0.322 e. The Labute approximate surface area is 141 Å². The van der Waals surface area contributed by atoms with Crippen LogP contribution in [0.3, 0.4) is 0 Å². The molecule has 0 unspecified atom stereocenters. The Hall–Kier alpha value is -3.16. The van der Waals surface area contributed by atoms with E-state index in [2.05, 4.69) is 15.4 Å². The molecular weight excluding hydrogens is 333 g/mol. The molecule has 128 valence electrons. The molecule has 0 saturated carbocycles. The highest BCUT2D eigenvalue weighted by atomic mass is 19.4. The van der Waals surface area contributed by atoms with Crippen LogP contribution in [0.5, 0.6) is 0 Å². The van der Waals surface area contributed by atoms with Crippen molar-refractivity contribution < 1.29 is 18.0 Å². The number of anilines is 1. The molecule has 25 heavy (non-hydrogen) atoms. The summed E-state index contributed by atoms with van der Waals surface area (Å²) in [5.41, 5.74) is -0.563. The number of carbonyl (C=O) groups is 1. The molecule has 5 nitrogen and oxygen atoms in total. The topological polar surface area (TPSA) is 59.8 Å². The molecule has 1 N–H and O–H groups in total. The summed E-state index contributed by atoms with van der Waals surface area (Å²) in [6, 6.07) is 11.3. The number of carbonyl (C=O) groups excluding carboxylic acids is 1. The summed E-state index contributed by atoms with van der Waals surface area (Å²) in [7, 11) is 0. The molecule has 0 spiro atoms. The van der Waals surface area contributed by atoms with E-state index in [0.717, 1.165) is 11.8 Å². The summed E-state index contributed by atoms with van der Waals surface area (Å²) in [6.07, 6.45) is -2.53. The zero-order valence-electron chi connectivity index (χ0n) is 13.1. The lowest BCUT2D eigenvalue weighted by molar-refractivity contribution is -0.143. The molecule has 2 heterocycles. The van der Waals surface area contributed by atoms with Crippen LogP contribution in [-0.2, 0) is 6.18 Å². The fraction of sp³-hybridized carbons (Fsp3) is 0.118. The Balaban J connectivity index is 2.04. The molecule has 0 saturated heterocycles. The molecule has 0 bridgehead atoms. The predicted octanol–water partition coefficient (Wildman–Crippen LogP) is 3.85. The zero-order valence-corrected chi connectivity index (χ0v) is 13.1. The first-order chi connectivity index (χ1) is 11.9. The summed E-state index contributed by atoms with van der Waals surface area (Å²) in [5, 5.41) is 6.20. The number of rotatable bonds is 3. The number of benzene rings is 1. The molecule has 0 aliphatic heterocycles. The second-order valence-corrected chi connectivity index (χ2v) is 5.27. The van der Waals surface area contributed by atoms with Crippen LogP contribution in [0.4, 0.5) is 18.9 Å². The molecule has 3 aromatic rings. The number of aromatic nitrogens is 3. The van der Waals surface area contributed by atoms with Gasteiger partial charge in [0.25, 0.3) is 5.91 Å². The van der Waals surface area contributed by atoms with Crippen LogP contribution in [0.1, 0.15) is 21.6 Å². The molecule has 1 aromatic carbocycles. The lowest BCUT2D eigenvalue weighted by Crippen LogP contribution is -2.21. The molecule has 8 heteroatoms. The second kappa shape index (κ2) is 6.39. The van der Waals surface area contributed by atoms with Gasteiger partial charge in [0.1, 0.15) is 0 Å². The molecule has 0 radical (unpaired) electrons. The number of hydrogen-bond acceptors (Lipinski definition) is 3. The summed E-state index contributed by atoms with van der Waals surface area (Å²) in [5.74, 6) is -0.909. The third kappa shape index (κ3) is 3.37. The Morgan fingerprint density at radius 1 is 1.12 bits per heavy atom. The van der Waals surface area contributed by atoms with E-state index in [1.165, 1.54) is 18.3 Å². The molecule has 0 aliphatic carbocycles. The number of hydrogen-bond donors (Lipinski definition) is 1. The van der Waals surface area contributed by atoms with Gasteiger partial charge in [-0.2, -0.15) is 18.3 Å². The SMILES string of the molecule is Cc1ccccc1NC(=O)c1cnn(-c2ccccn2)c1C(F)(F)F. The largest absolute Gasteiger partial charge is 0.434 e. The van der Waals surface area contributed by atoms with Gasteiger partial charge in [0, 0.05) is 11.9 Å². The number of para-hydroxylation sites is 1. The number of alkyl halides is 3. The van der Waals surface area contributed by atoms with Crippen LogP contribution in [0.15, 0.2) is 54.9 Å². The second-order valence-electron chi connectivity index (χ2n) is 5.27. The lowest BCUT2D eigenvalue weighted by atomic mass is 10.1. The third-order valence-electron chi connectivity index (χ3n) is 3.54. The van der Waals surface area contributed by atoms with Crippen LogP contribution in [0.25, 0.3) is 5.82 Å². The van der Waals surface area contributed by atoms with Gasteiger partial charge in [-0.15, -0.1) is 0 Å². The highest BCUT2D eigenvalue weighted by molar-refractivity contribution is 6.05. The molecular formula is C17H13F3N4O. The quantitative estimate of drug-likeness (QED) is 0.784. The van der Waals surface area contributed by atoms with E-state index >= 15 is 0 Å². The van der Waals surface area contributed by atoms with Gasteiger partial charge in [-0.25, -0.2) is 9.67 Å². The van der Waals surface area contributed by atoms with E-state index < -0.39 is 23.3 Å². The van der Waals surface area contributed by atoms with Gasteiger partial charge in [-0.05, 0) is 30.7 Å². The minimum absolute atomic E-state index is 0.0234. The maximum Gasteiger partial charge on any atom is 0.434 e. The van der Waals surface area contributed by atoms with Crippen molar-refractivity contribution >= 4 is 11.6 Å². The van der Waals surface area contributed by atoms with Crippen LogP contribution in [0.2, 0.25) is 0 Å². The smallest absolute Gasteiger partial charge is 0.322 e. The first-order valence-corrected chi connectivity index (χ1v) is 7.31. The maximum atomic E-state index is 13.5. The van der Waals surface area contributed by atoms with E-state index in [9.17, 15) is 18.0 Å². The number of aryl methyl sites for hydroxylation is 1. The van der Waals surface area contributed by atoms with Crippen molar-refractivity contribution in [3.63, 3.8) is 0 Å². The molecule has 1 amide bonds. The summed E-state index contributed by atoms with van der Waals surface area (Å²) >= 11 is 0. The van der Waals surface area contributed by atoms with Crippen LogP contribution in [0, 0.1) is 6.92 Å². The van der Waals surface area contributed by atoms with Crippen molar-refractivity contribution in [1.29, 1.82) is 0 Å². The number of pyridine rings is 1. The van der Waals surface area contributed by atoms with Crippen molar-refractivity contribution in [2.24, 2.45) is 0 Å². The molecule has 2 aromatic heterocycles. The average molecular weight is 346 g/mol. The van der Waals surface area contributed by atoms with Gasteiger partial charge in [0.2, 0.25) is 0 Å². The van der Waals surface area contributed by atoms with Gasteiger partial charge in [0.15, 0.2) is 11.5 Å². The highest BCUT2D eigenvalue weighted by Gasteiger charge is 2.40. The molecule has 0 aliphatic rings. The van der Waals surface area contributed by atoms with Gasteiger partial charge >= 0.3 is 6.18 Å². The van der Waals surface area contributed by atoms with Gasteiger partial charge in [-0.3, -0.25) is 4.79 Å². The van der Waals surface area contributed by atoms with E-state index in [4.69, 9.17) is 0 Å². The van der Waals surface area contributed by atoms with E-state index in [-0.39, 0.29) is 5.82 Å². The minimum atomic E-state index is -4.77. The Kier molecular flexibility index (Phi) is 4.26.